The molecule has 0 aromatic carbocycles. The largest absolute Gasteiger partial charge is 0.300 e. The van der Waals surface area contributed by atoms with Crippen LogP contribution in [0.4, 0.5) is 0 Å². The van der Waals surface area contributed by atoms with Gasteiger partial charge in [-0.15, -0.1) is 0 Å². The van der Waals surface area contributed by atoms with Crippen molar-refractivity contribution < 1.29 is 4.79 Å². The van der Waals surface area contributed by atoms with Crippen molar-refractivity contribution >= 4 is 5.78 Å². The Balaban J connectivity index is 3.43. The minimum atomic E-state index is 0.0829. The summed E-state index contributed by atoms with van der Waals surface area (Å²) in [6, 6.07) is 0. The minimum absolute atomic E-state index is 0.0829. The van der Waals surface area contributed by atoms with E-state index in [4.69, 9.17) is 0 Å². The lowest BCUT2D eigenvalue weighted by atomic mass is 9.94. The molecule has 0 heterocycles. The summed E-state index contributed by atoms with van der Waals surface area (Å²) in [7, 11) is 0. The molecule has 11 heavy (non-hydrogen) atoms. The summed E-state index contributed by atoms with van der Waals surface area (Å²) in [6.45, 7) is 7.74. The van der Waals surface area contributed by atoms with E-state index in [0.29, 0.717) is 6.42 Å². The molecule has 0 aliphatic rings. The Morgan fingerprint density at radius 1 is 1.36 bits per heavy atom. The molecule has 1 heteroatoms. The van der Waals surface area contributed by atoms with E-state index in [1.807, 2.05) is 0 Å². The van der Waals surface area contributed by atoms with Gasteiger partial charge in [0.1, 0.15) is 5.78 Å². The zero-order valence-corrected chi connectivity index (χ0v) is 7.73. The lowest BCUT2D eigenvalue weighted by Crippen LogP contribution is -2.01. The molecule has 0 bridgehead atoms. The number of hydrogen-bond acceptors (Lipinski definition) is 1. The zero-order chi connectivity index (χ0) is 8.69. The number of carbonyl (C=O) groups excluding carboxylic acids is 1. The number of Topliss-reactive ketones (excluding diaryl/α,β-unsaturated/α-hetero) is 1. The van der Waals surface area contributed by atoms with Gasteiger partial charge in [-0.05, 0) is 12.3 Å². The van der Waals surface area contributed by atoms with E-state index in [2.05, 4.69) is 20.8 Å². The highest BCUT2D eigenvalue weighted by atomic mass is 16.1. The van der Waals surface area contributed by atoms with E-state index in [1.165, 1.54) is 19.3 Å². The molecule has 1 radical (unpaired) electrons. The summed E-state index contributed by atoms with van der Waals surface area (Å²) in [5.41, 5.74) is 0. The first-order valence-corrected chi connectivity index (χ1v) is 4.55. The highest BCUT2D eigenvalue weighted by molar-refractivity contribution is 5.82. The molecule has 1 unspecified atom stereocenters. The van der Waals surface area contributed by atoms with Gasteiger partial charge in [0.15, 0.2) is 0 Å². The van der Waals surface area contributed by atoms with Crippen molar-refractivity contribution in [2.75, 3.05) is 0 Å². The summed E-state index contributed by atoms with van der Waals surface area (Å²) < 4.78 is 0. The Bertz CT molecular complexity index is 107. The summed E-state index contributed by atoms with van der Waals surface area (Å²) >= 11 is 0. The van der Waals surface area contributed by atoms with Crippen LogP contribution in [0.3, 0.4) is 0 Å². The summed E-state index contributed by atoms with van der Waals surface area (Å²) in [5.74, 6) is 0.824. The molecule has 0 fully saturated rings. The molecule has 65 valence electrons. The fourth-order valence-corrected chi connectivity index (χ4v) is 1.33. The third-order valence-electron chi connectivity index (χ3n) is 2.11. The number of ketones is 1. The van der Waals surface area contributed by atoms with Crippen LogP contribution in [0.25, 0.3) is 0 Å². The normalized spacial score (nSPS) is 13.0. The van der Waals surface area contributed by atoms with Gasteiger partial charge in [-0.25, -0.2) is 0 Å². The maximum absolute atomic E-state index is 10.6. The first-order valence-electron chi connectivity index (χ1n) is 4.55. The van der Waals surface area contributed by atoms with E-state index in [-0.39, 0.29) is 5.78 Å². The topological polar surface area (TPSA) is 17.1 Å². The van der Waals surface area contributed by atoms with Gasteiger partial charge in [0, 0.05) is 13.3 Å². The second kappa shape index (κ2) is 6.38. The maximum atomic E-state index is 10.6. The molecule has 0 N–H and O–H groups in total. The molecular weight excluding hydrogens is 136 g/mol. The highest BCUT2D eigenvalue weighted by Gasteiger charge is 2.05. The SMILES string of the molecule is [CH2]C(=O)CCC(CC)CCC. The standard InChI is InChI=1S/C10H19O/c1-4-6-10(5-2)8-7-9(3)11/h10H,3-8H2,1-2H3. The van der Waals surface area contributed by atoms with Gasteiger partial charge < -0.3 is 0 Å². The van der Waals surface area contributed by atoms with E-state index < -0.39 is 0 Å². The molecule has 1 nitrogen and oxygen atoms in total. The van der Waals surface area contributed by atoms with Crippen LogP contribution in [0.15, 0.2) is 0 Å². The van der Waals surface area contributed by atoms with Crippen LogP contribution in [0, 0.1) is 12.8 Å². The lowest BCUT2D eigenvalue weighted by Gasteiger charge is -2.11. The average Bonchev–Trinajstić information content (AvgIpc) is 1.97. The van der Waals surface area contributed by atoms with Crippen molar-refractivity contribution in [1.82, 2.24) is 0 Å². The van der Waals surface area contributed by atoms with Crippen LogP contribution >= 0.6 is 0 Å². The quantitative estimate of drug-likeness (QED) is 0.576. The Kier molecular flexibility index (Phi) is 6.19. The third-order valence-corrected chi connectivity index (χ3v) is 2.11. The van der Waals surface area contributed by atoms with Gasteiger partial charge >= 0.3 is 0 Å². The fraction of sp³-hybridized carbons (Fsp3) is 0.800. The van der Waals surface area contributed by atoms with Crippen molar-refractivity contribution in [3.63, 3.8) is 0 Å². The van der Waals surface area contributed by atoms with Gasteiger partial charge in [-0.3, -0.25) is 4.79 Å². The first-order chi connectivity index (χ1) is 5.20. The predicted molar refractivity (Wildman–Crippen MR) is 48.3 cm³/mol. The smallest absolute Gasteiger partial charge is 0.133 e. The Morgan fingerprint density at radius 3 is 2.36 bits per heavy atom. The van der Waals surface area contributed by atoms with Gasteiger partial charge in [-0.2, -0.15) is 0 Å². The Morgan fingerprint density at radius 2 is 2.00 bits per heavy atom. The number of carbonyl (C=O) groups is 1. The Labute approximate surface area is 70.2 Å². The maximum Gasteiger partial charge on any atom is 0.133 e. The zero-order valence-electron chi connectivity index (χ0n) is 7.73. The minimum Gasteiger partial charge on any atom is -0.300 e. The molecule has 0 aliphatic carbocycles. The van der Waals surface area contributed by atoms with Crippen LogP contribution < -0.4 is 0 Å². The molecule has 0 rings (SSSR count). The summed E-state index contributed by atoms with van der Waals surface area (Å²) in [4.78, 5) is 10.6. The van der Waals surface area contributed by atoms with Crippen molar-refractivity contribution in [2.24, 2.45) is 5.92 Å². The summed E-state index contributed by atoms with van der Waals surface area (Å²) in [5, 5.41) is 0. The fourth-order valence-electron chi connectivity index (χ4n) is 1.33. The molecule has 0 saturated carbocycles. The second-order valence-electron chi connectivity index (χ2n) is 3.14. The van der Waals surface area contributed by atoms with Crippen LogP contribution in [-0.2, 0) is 4.79 Å². The second-order valence-corrected chi connectivity index (χ2v) is 3.14. The molecule has 0 aromatic rings. The lowest BCUT2D eigenvalue weighted by molar-refractivity contribution is -0.115. The monoisotopic (exact) mass is 155 g/mol. The number of rotatable bonds is 6. The predicted octanol–water partition coefficient (Wildman–Crippen LogP) is 3.00. The van der Waals surface area contributed by atoms with Gasteiger partial charge in [-0.1, -0.05) is 33.1 Å². The highest BCUT2D eigenvalue weighted by Crippen LogP contribution is 2.16. The van der Waals surface area contributed by atoms with Gasteiger partial charge in [0.05, 0.1) is 0 Å². The molecule has 0 aromatic heterocycles. The van der Waals surface area contributed by atoms with Crippen molar-refractivity contribution in [2.45, 2.75) is 46.0 Å². The van der Waals surface area contributed by atoms with Crippen LogP contribution in [0.1, 0.15) is 46.0 Å². The average molecular weight is 155 g/mol. The van der Waals surface area contributed by atoms with E-state index in [9.17, 15) is 4.79 Å². The molecule has 0 aliphatic heterocycles. The van der Waals surface area contributed by atoms with E-state index >= 15 is 0 Å². The van der Waals surface area contributed by atoms with Crippen molar-refractivity contribution in [3.05, 3.63) is 6.92 Å². The molecule has 1 atom stereocenters. The molecule has 0 spiro atoms. The third kappa shape index (κ3) is 6.08. The molecule has 0 amide bonds. The van der Waals surface area contributed by atoms with Crippen molar-refractivity contribution in [3.8, 4) is 0 Å². The van der Waals surface area contributed by atoms with E-state index in [1.54, 1.807) is 0 Å². The van der Waals surface area contributed by atoms with E-state index in [0.717, 1.165) is 12.3 Å². The Hall–Kier alpha value is -0.330. The number of hydrogen-bond donors (Lipinski definition) is 0. The van der Waals surface area contributed by atoms with Gasteiger partial charge in [0.25, 0.3) is 0 Å². The van der Waals surface area contributed by atoms with Gasteiger partial charge in [0.2, 0.25) is 0 Å². The van der Waals surface area contributed by atoms with Crippen LogP contribution in [-0.4, -0.2) is 5.78 Å². The van der Waals surface area contributed by atoms with Crippen LogP contribution in [0.2, 0.25) is 0 Å². The first kappa shape index (κ1) is 10.7. The van der Waals surface area contributed by atoms with Crippen LogP contribution in [0.5, 0.6) is 0 Å². The summed E-state index contributed by atoms with van der Waals surface area (Å²) in [6.07, 6.45) is 5.37. The van der Waals surface area contributed by atoms with Crippen molar-refractivity contribution in [1.29, 1.82) is 0 Å². The molecule has 0 saturated heterocycles. The molecular formula is C10H19O.